The van der Waals surface area contributed by atoms with Crippen molar-refractivity contribution in [1.29, 1.82) is 0 Å². The summed E-state index contributed by atoms with van der Waals surface area (Å²) < 4.78 is 1.05. The summed E-state index contributed by atoms with van der Waals surface area (Å²) in [5.74, 6) is 0. The molecule has 0 amide bonds. The van der Waals surface area contributed by atoms with Crippen molar-refractivity contribution in [3.63, 3.8) is 0 Å². The van der Waals surface area contributed by atoms with E-state index in [-0.39, 0.29) is 19.5 Å². The summed E-state index contributed by atoms with van der Waals surface area (Å²) >= 11 is 7.49. The molecule has 0 saturated carbocycles. The van der Waals surface area contributed by atoms with E-state index in [9.17, 15) is 0 Å². The average Bonchev–Trinajstić information content (AvgIpc) is 2.60. The molecule has 0 spiro atoms. The van der Waals surface area contributed by atoms with Crippen LogP contribution in [-0.4, -0.2) is 22.3 Å². The third kappa shape index (κ3) is 13.0. The summed E-state index contributed by atoms with van der Waals surface area (Å²) in [5, 5.41) is 0. The molecule has 0 aromatic heterocycles. The van der Waals surface area contributed by atoms with Crippen LogP contribution in [-0.2, 0) is 19.5 Å². The molecule has 1 rings (SSSR count). The Balaban J connectivity index is 0.00000576. The maximum atomic E-state index is 5.75. The van der Waals surface area contributed by atoms with Crippen LogP contribution in [0.1, 0.15) is 78.1 Å². The summed E-state index contributed by atoms with van der Waals surface area (Å²) in [4.78, 5) is 3.70. The van der Waals surface area contributed by atoms with Crippen LogP contribution in [0.3, 0.4) is 0 Å². The Labute approximate surface area is 178 Å². The van der Waals surface area contributed by atoms with E-state index in [1.54, 1.807) is 11.8 Å². The van der Waals surface area contributed by atoms with Gasteiger partial charge in [0.25, 0.3) is 0 Å². The normalized spacial score (nSPS) is 10.3. The Hall–Kier alpha value is 0.0834. The molecule has 0 aliphatic heterocycles. The summed E-state index contributed by atoms with van der Waals surface area (Å²) in [7, 11) is 0. The second-order valence-corrected chi connectivity index (χ2v) is 8.20. The number of nitrogens with zero attached hydrogens (tertiary/aromatic N) is 1. The Kier molecular flexibility index (Phi) is 17.6. The van der Waals surface area contributed by atoms with Crippen LogP contribution in [0.15, 0.2) is 35.2 Å². The zero-order chi connectivity index (χ0) is 17.5. The number of unbranched alkanes of at least 4 members (excludes halogenated alkanes) is 8. The minimum absolute atomic E-state index is 0. The van der Waals surface area contributed by atoms with Crippen LogP contribution in [0, 0.1) is 0 Å². The van der Waals surface area contributed by atoms with Gasteiger partial charge in [-0.05, 0) is 25.0 Å². The van der Waals surface area contributed by atoms with Gasteiger partial charge in [-0.2, -0.15) is 0 Å². The number of benzene rings is 1. The first-order valence-electron chi connectivity index (χ1n) is 9.79. The van der Waals surface area contributed by atoms with Crippen molar-refractivity contribution in [3.8, 4) is 0 Å². The van der Waals surface area contributed by atoms with Crippen molar-refractivity contribution in [2.75, 3.05) is 13.1 Å². The topological polar surface area (TPSA) is 3.24 Å². The van der Waals surface area contributed by atoms with Gasteiger partial charge >= 0.3 is 0 Å². The SMILES string of the molecule is CCCCCCCN(CCCCCCC)C(=S)Sc1ccccc1.[Zn]. The Bertz CT molecular complexity index is 411. The van der Waals surface area contributed by atoms with E-state index < -0.39 is 0 Å². The zero-order valence-electron chi connectivity index (χ0n) is 16.3. The fourth-order valence-electron chi connectivity index (χ4n) is 2.76. The smallest absolute Gasteiger partial charge is 0.141 e. The Morgan fingerprint density at radius 2 is 1.28 bits per heavy atom. The minimum Gasteiger partial charge on any atom is -0.357 e. The number of hydrogen-bond donors (Lipinski definition) is 0. The maximum absolute atomic E-state index is 5.75. The molecule has 0 aliphatic rings. The third-order valence-corrected chi connectivity index (χ3v) is 5.72. The van der Waals surface area contributed by atoms with Gasteiger partial charge in [-0.1, -0.05) is 107 Å². The second kappa shape index (κ2) is 17.5. The molecule has 1 nitrogen and oxygen atoms in total. The molecule has 138 valence electrons. The van der Waals surface area contributed by atoms with Crippen molar-refractivity contribution in [3.05, 3.63) is 30.3 Å². The van der Waals surface area contributed by atoms with Crippen molar-refractivity contribution in [2.24, 2.45) is 0 Å². The molecule has 0 N–H and O–H groups in total. The quantitative estimate of drug-likeness (QED) is 0.140. The standard InChI is InChI=1S/C21H35NS2.Zn/c1-3-5-7-9-14-18-22(19-15-10-8-6-4-2)21(23)24-20-16-12-11-13-17-20;/h11-13,16-17H,3-10,14-15,18-19H2,1-2H3;. The first-order chi connectivity index (χ1) is 11.8. The van der Waals surface area contributed by atoms with Gasteiger partial charge in [-0.15, -0.1) is 0 Å². The molecule has 0 heterocycles. The Morgan fingerprint density at radius 3 is 1.76 bits per heavy atom. The van der Waals surface area contributed by atoms with Crippen molar-refractivity contribution < 1.29 is 19.5 Å². The molecule has 25 heavy (non-hydrogen) atoms. The molecular weight excluding hydrogens is 396 g/mol. The van der Waals surface area contributed by atoms with Crippen LogP contribution in [0.25, 0.3) is 0 Å². The summed E-state index contributed by atoms with van der Waals surface area (Å²) in [5.41, 5.74) is 0. The van der Waals surface area contributed by atoms with Gasteiger partial charge in [0.05, 0.1) is 0 Å². The fourth-order valence-corrected chi connectivity index (χ4v) is 4.04. The van der Waals surface area contributed by atoms with Crippen molar-refractivity contribution in [1.82, 2.24) is 4.90 Å². The van der Waals surface area contributed by atoms with E-state index in [1.807, 2.05) is 0 Å². The molecular formula is C21H35NS2Zn. The average molecular weight is 431 g/mol. The first-order valence-corrected chi connectivity index (χ1v) is 11.0. The van der Waals surface area contributed by atoms with Crippen LogP contribution in [0.5, 0.6) is 0 Å². The molecule has 0 atom stereocenters. The largest absolute Gasteiger partial charge is 0.357 e. The van der Waals surface area contributed by atoms with E-state index in [1.165, 1.54) is 69.1 Å². The van der Waals surface area contributed by atoms with Gasteiger partial charge in [0.1, 0.15) is 4.32 Å². The molecule has 0 radical (unpaired) electrons. The van der Waals surface area contributed by atoms with E-state index in [0.717, 1.165) is 17.4 Å². The first kappa shape index (κ1) is 25.1. The molecule has 0 saturated heterocycles. The monoisotopic (exact) mass is 429 g/mol. The van der Waals surface area contributed by atoms with Crippen LogP contribution in [0.2, 0.25) is 0 Å². The van der Waals surface area contributed by atoms with Gasteiger partial charge in [-0.3, -0.25) is 0 Å². The van der Waals surface area contributed by atoms with Crippen LogP contribution < -0.4 is 0 Å². The van der Waals surface area contributed by atoms with Crippen molar-refractivity contribution >= 4 is 28.3 Å². The van der Waals surface area contributed by atoms with Crippen molar-refractivity contribution in [2.45, 2.75) is 83.0 Å². The van der Waals surface area contributed by atoms with Crippen LogP contribution in [0.4, 0.5) is 0 Å². The number of rotatable bonds is 13. The predicted octanol–water partition coefficient (Wildman–Crippen LogP) is 7.30. The summed E-state index contributed by atoms with van der Waals surface area (Å²) in [6.45, 7) is 6.79. The van der Waals surface area contributed by atoms with Crippen LogP contribution >= 0.6 is 24.0 Å². The predicted molar refractivity (Wildman–Crippen MR) is 114 cm³/mol. The van der Waals surface area contributed by atoms with E-state index in [4.69, 9.17) is 12.2 Å². The molecule has 1 aromatic carbocycles. The molecule has 0 fully saturated rings. The number of hydrogen-bond acceptors (Lipinski definition) is 2. The molecule has 0 bridgehead atoms. The molecule has 0 unspecified atom stereocenters. The van der Waals surface area contributed by atoms with E-state index in [2.05, 4.69) is 49.1 Å². The second-order valence-electron chi connectivity index (χ2n) is 6.50. The molecule has 0 aliphatic carbocycles. The van der Waals surface area contributed by atoms with Gasteiger partial charge in [0, 0.05) is 37.5 Å². The van der Waals surface area contributed by atoms with Gasteiger partial charge in [-0.25, -0.2) is 0 Å². The van der Waals surface area contributed by atoms with Gasteiger partial charge < -0.3 is 4.90 Å². The van der Waals surface area contributed by atoms with Gasteiger partial charge in [0.2, 0.25) is 0 Å². The third-order valence-electron chi connectivity index (χ3n) is 4.27. The zero-order valence-corrected chi connectivity index (χ0v) is 20.9. The fraction of sp³-hybridized carbons (Fsp3) is 0.667. The number of thioether (sulfide) groups is 1. The van der Waals surface area contributed by atoms with E-state index >= 15 is 0 Å². The summed E-state index contributed by atoms with van der Waals surface area (Å²) in [6, 6.07) is 10.5. The van der Waals surface area contributed by atoms with Gasteiger partial charge in [0.15, 0.2) is 0 Å². The summed E-state index contributed by atoms with van der Waals surface area (Å²) in [6.07, 6.45) is 13.3. The van der Waals surface area contributed by atoms with E-state index in [0.29, 0.717) is 0 Å². The molecule has 1 aromatic rings. The Morgan fingerprint density at radius 1 is 0.800 bits per heavy atom. The molecule has 4 heteroatoms. The number of thiocarbonyl (C=S) groups is 1. The minimum atomic E-state index is 0. The maximum Gasteiger partial charge on any atom is 0.141 e.